The highest BCUT2D eigenvalue weighted by Gasteiger charge is 2.46. The number of likely N-dealkylation sites (tertiary alicyclic amines) is 1. The van der Waals surface area contributed by atoms with Gasteiger partial charge in [-0.05, 0) is 44.0 Å². The van der Waals surface area contributed by atoms with Crippen molar-refractivity contribution < 1.29 is 18.8 Å². The molecule has 0 N–H and O–H groups in total. The van der Waals surface area contributed by atoms with Crippen LogP contribution in [0.5, 0.6) is 0 Å². The molecule has 0 radical (unpaired) electrons. The standard InChI is InChI=1S/C23H29FN4O3/c1-3-30-22(29)23(9-4-11-28(16-23)15-21-25-10-12-27(21)2)14-19-13-20(26-31-19)17-5-7-18(24)8-6-17/h5-8,10,12,19H,3-4,9,11,13-16H2,1-2H3/t19-,23+/m1/s1. The minimum Gasteiger partial charge on any atom is -0.466 e. The van der Waals surface area contributed by atoms with Crippen LogP contribution >= 0.6 is 0 Å². The molecule has 0 unspecified atom stereocenters. The normalized spacial score (nSPS) is 24.0. The van der Waals surface area contributed by atoms with Crippen LogP contribution < -0.4 is 0 Å². The second kappa shape index (κ2) is 9.18. The Morgan fingerprint density at radius 1 is 1.35 bits per heavy atom. The number of nitrogens with zero attached hydrogens (tertiary/aromatic N) is 4. The minimum atomic E-state index is -0.641. The number of hydrogen-bond acceptors (Lipinski definition) is 6. The van der Waals surface area contributed by atoms with Gasteiger partial charge in [0.1, 0.15) is 17.7 Å². The molecular formula is C23H29FN4O3. The molecule has 0 spiro atoms. The first-order valence-electron chi connectivity index (χ1n) is 10.8. The van der Waals surface area contributed by atoms with Crippen molar-refractivity contribution in [1.82, 2.24) is 14.5 Å². The lowest BCUT2D eigenvalue weighted by atomic mass is 9.74. The van der Waals surface area contributed by atoms with Gasteiger partial charge in [-0.25, -0.2) is 9.37 Å². The summed E-state index contributed by atoms with van der Waals surface area (Å²) >= 11 is 0. The average molecular weight is 429 g/mol. The van der Waals surface area contributed by atoms with E-state index < -0.39 is 5.41 Å². The Morgan fingerprint density at radius 2 is 2.16 bits per heavy atom. The molecule has 2 atom stereocenters. The number of imidazole rings is 1. The van der Waals surface area contributed by atoms with E-state index >= 15 is 0 Å². The van der Waals surface area contributed by atoms with Gasteiger partial charge in [0.25, 0.3) is 0 Å². The van der Waals surface area contributed by atoms with E-state index in [1.807, 2.05) is 24.7 Å². The molecule has 31 heavy (non-hydrogen) atoms. The zero-order valence-electron chi connectivity index (χ0n) is 18.1. The minimum absolute atomic E-state index is 0.168. The first-order valence-corrected chi connectivity index (χ1v) is 10.8. The summed E-state index contributed by atoms with van der Waals surface area (Å²) in [6, 6.07) is 6.25. The fourth-order valence-corrected chi connectivity index (χ4v) is 4.60. The topological polar surface area (TPSA) is 69.0 Å². The third-order valence-electron chi connectivity index (χ3n) is 6.18. The molecule has 2 aliphatic rings. The summed E-state index contributed by atoms with van der Waals surface area (Å²) in [5.41, 5.74) is 0.983. The van der Waals surface area contributed by atoms with Gasteiger partial charge in [-0.15, -0.1) is 0 Å². The van der Waals surface area contributed by atoms with Crippen molar-refractivity contribution in [3.63, 3.8) is 0 Å². The Bertz CT molecular complexity index is 943. The van der Waals surface area contributed by atoms with E-state index in [0.29, 0.717) is 32.5 Å². The molecule has 8 heteroatoms. The molecule has 1 fully saturated rings. The molecule has 2 aliphatic heterocycles. The Balaban J connectivity index is 1.47. The first kappa shape index (κ1) is 21.5. The third-order valence-corrected chi connectivity index (χ3v) is 6.18. The number of aryl methyl sites for hydroxylation is 1. The molecular weight excluding hydrogens is 399 g/mol. The van der Waals surface area contributed by atoms with Crippen LogP contribution in [0.1, 0.15) is 44.0 Å². The second-order valence-electron chi connectivity index (χ2n) is 8.45. The van der Waals surface area contributed by atoms with Gasteiger partial charge in [0, 0.05) is 38.8 Å². The fourth-order valence-electron chi connectivity index (χ4n) is 4.60. The number of oxime groups is 1. The van der Waals surface area contributed by atoms with Crippen molar-refractivity contribution in [2.75, 3.05) is 19.7 Å². The van der Waals surface area contributed by atoms with Crippen molar-refractivity contribution in [2.24, 2.45) is 17.6 Å². The zero-order chi connectivity index (χ0) is 21.8. The second-order valence-corrected chi connectivity index (χ2v) is 8.45. The number of carbonyl (C=O) groups is 1. The molecule has 7 nitrogen and oxygen atoms in total. The maximum absolute atomic E-state index is 13.2. The molecule has 1 saturated heterocycles. The van der Waals surface area contributed by atoms with Crippen LogP contribution in [-0.4, -0.2) is 51.9 Å². The van der Waals surface area contributed by atoms with Crippen LogP contribution in [0.3, 0.4) is 0 Å². The summed E-state index contributed by atoms with van der Waals surface area (Å²) in [5.74, 6) is 0.521. The molecule has 166 valence electrons. The number of piperidine rings is 1. The van der Waals surface area contributed by atoms with Crippen LogP contribution in [0, 0.1) is 11.2 Å². The number of esters is 1. The SMILES string of the molecule is CCOC(=O)[C@]1(C[C@H]2CC(c3ccc(F)cc3)=NO2)CCCN(Cc2nccn2C)C1. The van der Waals surface area contributed by atoms with Gasteiger partial charge < -0.3 is 14.1 Å². The van der Waals surface area contributed by atoms with Gasteiger partial charge in [-0.1, -0.05) is 17.3 Å². The number of aromatic nitrogens is 2. The maximum Gasteiger partial charge on any atom is 0.313 e. The largest absolute Gasteiger partial charge is 0.466 e. The van der Waals surface area contributed by atoms with Crippen molar-refractivity contribution >= 4 is 11.7 Å². The molecule has 1 aromatic heterocycles. The van der Waals surface area contributed by atoms with Crippen LogP contribution in [0.15, 0.2) is 41.8 Å². The number of hydrogen-bond donors (Lipinski definition) is 0. The highest BCUT2D eigenvalue weighted by atomic mass is 19.1. The fraction of sp³-hybridized carbons (Fsp3) is 0.522. The summed E-state index contributed by atoms with van der Waals surface area (Å²) in [6.45, 7) is 4.39. The summed E-state index contributed by atoms with van der Waals surface area (Å²) in [4.78, 5) is 25.5. The number of carbonyl (C=O) groups excluding carboxylic acids is 1. The van der Waals surface area contributed by atoms with Crippen LogP contribution in [0.4, 0.5) is 4.39 Å². The predicted molar refractivity (Wildman–Crippen MR) is 114 cm³/mol. The predicted octanol–water partition coefficient (Wildman–Crippen LogP) is 3.29. The van der Waals surface area contributed by atoms with Gasteiger partial charge >= 0.3 is 5.97 Å². The number of ether oxygens (including phenoxy) is 1. The molecule has 0 bridgehead atoms. The summed E-state index contributed by atoms with van der Waals surface area (Å²) in [6.07, 6.45) is 6.30. The lowest BCUT2D eigenvalue weighted by Gasteiger charge is -2.41. The lowest BCUT2D eigenvalue weighted by molar-refractivity contribution is -0.162. The van der Waals surface area contributed by atoms with Crippen molar-refractivity contribution in [3.05, 3.63) is 53.9 Å². The van der Waals surface area contributed by atoms with E-state index in [9.17, 15) is 9.18 Å². The summed E-state index contributed by atoms with van der Waals surface area (Å²) in [5, 5.41) is 4.23. The van der Waals surface area contributed by atoms with Gasteiger partial charge in [-0.3, -0.25) is 9.69 Å². The van der Waals surface area contributed by atoms with Crippen LogP contribution in [0.25, 0.3) is 0 Å². The Hall–Kier alpha value is -2.74. The quantitative estimate of drug-likeness (QED) is 0.633. The Morgan fingerprint density at radius 3 is 2.87 bits per heavy atom. The van der Waals surface area contributed by atoms with Gasteiger partial charge in [0.05, 0.1) is 24.3 Å². The van der Waals surface area contributed by atoms with Crippen molar-refractivity contribution in [3.8, 4) is 0 Å². The van der Waals surface area contributed by atoms with Crippen molar-refractivity contribution in [2.45, 2.75) is 45.3 Å². The molecule has 2 aromatic rings. The van der Waals surface area contributed by atoms with Gasteiger partial charge in [0.15, 0.2) is 0 Å². The van der Waals surface area contributed by atoms with Gasteiger partial charge in [-0.2, -0.15) is 0 Å². The Labute approximate surface area is 181 Å². The molecule has 1 aromatic carbocycles. The number of halogens is 1. The first-order chi connectivity index (χ1) is 15.0. The van der Waals surface area contributed by atoms with E-state index in [-0.39, 0.29) is 17.9 Å². The highest BCUT2D eigenvalue weighted by molar-refractivity contribution is 6.01. The highest BCUT2D eigenvalue weighted by Crippen LogP contribution is 2.39. The zero-order valence-corrected chi connectivity index (χ0v) is 18.1. The molecule has 3 heterocycles. The molecule has 0 aliphatic carbocycles. The molecule has 4 rings (SSSR count). The molecule has 0 saturated carbocycles. The number of rotatable bonds is 7. The van der Waals surface area contributed by atoms with E-state index in [4.69, 9.17) is 9.57 Å². The molecule has 0 amide bonds. The number of benzene rings is 1. The summed E-state index contributed by atoms with van der Waals surface area (Å²) in [7, 11) is 1.98. The van der Waals surface area contributed by atoms with E-state index in [1.165, 1.54) is 12.1 Å². The van der Waals surface area contributed by atoms with E-state index in [0.717, 1.165) is 36.5 Å². The average Bonchev–Trinajstić information content (AvgIpc) is 3.38. The monoisotopic (exact) mass is 428 g/mol. The van der Waals surface area contributed by atoms with E-state index in [2.05, 4.69) is 15.0 Å². The third kappa shape index (κ3) is 4.79. The van der Waals surface area contributed by atoms with Gasteiger partial charge in [0.2, 0.25) is 0 Å². The van der Waals surface area contributed by atoms with Crippen LogP contribution in [-0.2, 0) is 28.0 Å². The van der Waals surface area contributed by atoms with Crippen LogP contribution in [0.2, 0.25) is 0 Å². The lowest BCUT2D eigenvalue weighted by Crippen LogP contribution is -2.50. The summed E-state index contributed by atoms with van der Waals surface area (Å²) < 4.78 is 20.7. The van der Waals surface area contributed by atoms with Crippen molar-refractivity contribution in [1.29, 1.82) is 0 Å². The van der Waals surface area contributed by atoms with E-state index in [1.54, 1.807) is 18.3 Å². The maximum atomic E-state index is 13.2. The smallest absolute Gasteiger partial charge is 0.313 e. The Kier molecular flexibility index (Phi) is 6.36.